The van der Waals surface area contributed by atoms with Gasteiger partial charge < -0.3 is 19.9 Å². The number of carbonyl (C=O) groups is 1. The van der Waals surface area contributed by atoms with Gasteiger partial charge in [-0.05, 0) is 49.8 Å². The number of aliphatic hydroxyl groups is 2. The lowest BCUT2D eigenvalue weighted by Crippen LogP contribution is -2.19. The molecule has 0 aliphatic carbocycles. The number of rotatable bonds is 8. The van der Waals surface area contributed by atoms with Crippen molar-refractivity contribution in [3.63, 3.8) is 0 Å². The Labute approximate surface area is 173 Å². The van der Waals surface area contributed by atoms with E-state index in [1.807, 2.05) is 26.0 Å². The number of aliphatic carboxylic acids is 1. The number of hydrogen-bond donors (Lipinski definition) is 3. The highest BCUT2D eigenvalue weighted by Gasteiger charge is 2.20. The number of hydrogen-bond acceptors (Lipinski definition) is 4. The van der Waals surface area contributed by atoms with E-state index in [2.05, 4.69) is 9.55 Å². The summed E-state index contributed by atoms with van der Waals surface area (Å²) in [7, 11) is 0. The Hall–Kier alpha value is -3.03. The molecule has 3 N–H and O–H groups in total. The number of halogens is 1. The van der Waals surface area contributed by atoms with Crippen LogP contribution >= 0.6 is 0 Å². The maximum atomic E-state index is 13.5. The number of nitrogens with zero attached hydrogens (tertiary/aromatic N) is 2. The molecule has 0 fully saturated rings. The van der Waals surface area contributed by atoms with Crippen LogP contribution in [0, 0.1) is 5.82 Å². The quantitative estimate of drug-likeness (QED) is 0.519. The van der Waals surface area contributed by atoms with Crippen molar-refractivity contribution in [2.24, 2.45) is 0 Å². The van der Waals surface area contributed by atoms with Gasteiger partial charge in [0.25, 0.3) is 0 Å². The van der Waals surface area contributed by atoms with Crippen molar-refractivity contribution >= 4 is 23.1 Å². The van der Waals surface area contributed by atoms with Crippen LogP contribution in [0.15, 0.2) is 48.7 Å². The Morgan fingerprint density at radius 3 is 2.53 bits per heavy atom. The summed E-state index contributed by atoms with van der Waals surface area (Å²) in [5.41, 5.74) is 4.07. The molecule has 0 aliphatic rings. The maximum absolute atomic E-state index is 13.5. The Morgan fingerprint density at radius 2 is 1.90 bits per heavy atom. The molecule has 2 aromatic heterocycles. The van der Waals surface area contributed by atoms with Crippen molar-refractivity contribution in [3.8, 4) is 11.1 Å². The van der Waals surface area contributed by atoms with Crippen LogP contribution in [0.4, 0.5) is 4.39 Å². The third kappa shape index (κ3) is 4.75. The molecule has 158 valence electrons. The van der Waals surface area contributed by atoms with Crippen molar-refractivity contribution in [1.29, 1.82) is 0 Å². The van der Waals surface area contributed by atoms with E-state index in [0.29, 0.717) is 0 Å². The molecule has 7 heteroatoms. The van der Waals surface area contributed by atoms with E-state index in [4.69, 9.17) is 5.11 Å². The molecule has 2 atom stereocenters. The van der Waals surface area contributed by atoms with Crippen LogP contribution in [0.3, 0.4) is 0 Å². The molecule has 6 nitrogen and oxygen atoms in total. The number of fused-ring (bicyclic) bond motifs is 1. The molecule has 2 unspecified atom stereocenters. The molecule has 0 radical (unpaired) electrons. The van der Waals surface area contributed by atoms with Gasteiger partial charge >= 0.3 is 5.97 Å². The van der Waals surface area contributed by atoms with Crippen molar-refractivity contribution in [2.75, 3.05) is 0 Å². The smallest absolute Gasteiger partial charge is 0.305 e. The number of carboxylic acids is 1. The molecule has 0 saturated carbocycles. The largest absolute Gasteiger partial charge is 0.481 e. The number of aromatic nitrogens is 2. The normalized spacial score (nSPS) is 13.9. The van der Waals surface area contributed by atoms with Crippen molar-refractivity contribution < 1.29 is 24.5 Å². The molecule has 2 heterocycles. The van der Waals surface area contributed by atoms with Gasteiger partial charge in [-0.15, -0.1) is 0 Å². The highest BCUT2D eigenvalue weighted by Crippen LogP contribution is 2.36. The summed E-state index contributed by atoms with van der Waals surface area (Å²) >= 11 is 0. The summed E-state index contributed by atoms with van der Waals surface area (Å²) in [6, 6.07) is 10.0. The number of benzene rings is 1. The van der Waals surface area contributed by atoms with Crippen LogP contribution in [0.2, 0.25) is 0 Å². The zero-order valence-electron chi connectivity index (χ0n) is 16.9. The van der Waals surface area contributed by atoms with Crippen LogP contribution in [-0.4, -0.2) is 43.0 Å². The number of pyridine rings is 1. The van der Waals surface area contributed by atoms with E-state index in [0.717, 1.165) is 27.9 Å². The first-order valence-electron chi connectivity index (χ1n) is 9.79. The maximum Gasteiger partial charge on any atom is 0.305 e. The molecule has 0 saturated heterocycles. The van der Waals surface area contributed by atoms with Crippen LogP contribution in [0.5, 0.6) is 0 Å². The Bertz CT molecular complexity index is 1060. The molecule has 1 aromatic carbocycles. The van der Waals surface area contributed by atoms with Gasteiger partial charge in [0.2, 0.25) is 0 Å². The third-order valence-electron chi connectivity index (χ3n) is 4.85. The highest BCUT2D eigenvalue weighted by molar-refractivity contribution is 5.98. The SMILES string of the molecule is CC(C)n1c(/C=C/C(O)CC(O)CC(=O)O)c(-c2ccc(F)cc2)c2ncccc21. The second-order valence-corrected chi connectivity index (χ2v) is 7.52. The van der Waals surface area contributed by atoms with E-state index < -0.39 is 24.6 Å². The molecule has 0 bridgehead atoms. The summed E-state index contributed by atoms with van der Waals surface area (Å²) in [5, 5.41) is 28.8. The van der Waals surface area contributed by atoms with E-state index in [-0.39, 0.29) is 18.3 Å². The van der Waals surface area contributed by atoms with Crippen LogP contribution in [0.1, 0.15) is 38.4 Å². The van der Waals surface area contributed by atoms with Gasteiger partial charge in [-0.2, -0.15) is 0 Å². The monoisotopic (exact) mass is 412 g/mol. The predicted octanol–water partition coefficient (Wildman–Crippen LogP) is 4.02. The summed E-state index contributed by atoms with van der Waals surface area (Å²) in [6.45, 7) is 4.07. The van der Waals surface area contributed by atoms with Gasteiger partial charge in [-0.1, -0.05) is 18.2 Å². The zero-order chi connectivity index (χ0) is 21.8. The first kappa shape index (κ1) is 21.7. The van der Waals surface area contributed by atoms with Gasteiger partial charge in [0.1, 0.15) is 5.82 Å². The van der Waals surface area contributed by atoms with E-state index in [9.17, 15) is 19.4 Å². The van der Waals surface area contributed by atoms with E-state index in [1.54, 1.807) is 24.4 Å². The van der Waals surface area contributed by atoms with Crippen molar-refractivity contribution in [1.82, 2.24) is 9.55 Å². The molecular weight excluding hydrogens is 387 g/mol. The van der Waals surface area contributed by atoms with Gasteiger partial charge in [0, 0.05) is 24.2 Å². The topological polar surface area (TPSA) is 95.6 Å². The molecule has 0 spiro atoms. The zero-order valence-corrected chi connectivity index (χ0v) is 16.9. The fourth-order valence-corrected chi connectivity index (χ4v) is 3.62. The van der Waals surface area contributed by atoms with E-state index in [1.165, 1.54) is 18.2 Å². The van der Waals surface area contributed by atoms with Crippen LogP contribution in [-0.2, 0) is 4.79 Å². The fraction of sp³-hybridized carbons (Fsp3) is 0.304. The van der Waals surface area contributed by atoms with Gasteiger partial charge in [0.05, 0.1) is 35.4 Å². The average Bonchev–Trinajstić information content (AvgIpc) is 3.00. The molecule has 3 aromatic rings. The summed E-state index contributed by atoms with van der Waals surface area (Å²) in [5.74, 6) is -1.46. The lowest BCUT2D eigenvalue weighted by molar-refractivity contribution is -0.139. The van der Waals surface area contributed by atoms with Gasteiger partial charge in [-0.25, -0.2) is 4.39 Å². The van der Waals surface area contributed by atoms with Crippen molar-refractivity contribution in [3.05, 3.63) is 60.2 Å². The predicted molar refractivity (Wildman–Crippen MR) is 113 cm³/mol. The average molecular weight is 412 g/mol. The third-order valence-corrected chi connectivity index (χ3v) is 4.85. The number of carboxylic acid groups (broad SMARTS) is 1. The standard InChI is InChI=1S/C23H25FN2O4/c1-14(2)26-19(10-9-17(27)12-18(28)13-21(29)30)22(15-5-7-16(24)8-6-15)23-20(26)4-3-11-25-23/h3-11,14,17-18,27-28H,12-13H2,1-2H3,(H,29,30)/b10-9+. The lowest BCUT2D eigenvalue weighted by Gasteiger charge is -2.15. The summed E-state index contributed by atoms with van der Waals surface area (Å²) < 4.78 is 15.6. The summed E-state index contributed by atoms with van der Waals surface area (Å²) in [6.07, 6.45) is 2.30. The van der Waals surface area contributed by atoms with E-state index >= 15 is 0 Å². The second-order valence-electron chi connectivity index (χ2n) is 7.52. The Morgan fingerprint density at radius 1 is 1.20 bits per heavy atom. The minimum atomic E-state index is -1.14. The lowest BCUT2D eigenvalue weighted by atomic mass is 10.0. The highest BCUT2D eigenvalue weighted by atomic mass is 19.1. The Kier molecular flexibility index (Phi) is 6.64. The van der Waals surface area contributed by atoms with Gasteiger partial charge in [-0.3, -0.25) is 9.78 Å². The summed E-state index contributed by atoms with van der Waals surface area (Å²) in [4.78, 5) is 15.3. The molecule has 0 aliphatic heterocycles. The fourth-order valence-electron chi connectivity index (χ4n) is 3.62. The molecule has 30 heavy (non-hydrogen) atoms. The second kappa shape index (κ2) is 9.19. The first-order valence-corrected chi connectivity index (χ1v) is 9.79. The Balaban J connectivity index is 2.08. The number of aliphatic hydroxyl groups excluding tert-OH is 2. The molecular formula is C23H25FN2O4. The molecule has 3 rings (SSSR count). The first-order chi connectivity index (χ1) is 14.3. The molecule has 0 amide bonds. The van der Waals surface area contributed by atoms with Crippen molar-refractivity contribution in [2.45, 2.75) is 44.9 Å². The van der Waals surface area contributed by atoms with Crippen LogP contribution in [0.25, 0.3) is 28.2 Å². The minimum absolute atomic E-state index is 0.0836. The minimum Gasteiger partial charge on any atom is -0.481 e. The van der Waals surface area contributed by atoms with Crippen LogP contribution < -0.4 is 0 Å². The van der Waals surface area contributed by atoms with Gasteiger partial charge in [0.15, 0.2) is 0 Å².